The fourth-order valence-corrected chi connectivity index (χ4v) is 3.66. The number of Topliss-reactive ketones (excluding diaryl/α,β-unsaturated/α-hetero) is 2. The summed E-state index contributed by atoms with van der Waals surface area (Å²) in [5.74, 6) is -0.457. The zero-order valence-electron chi connectivity index (χ0n) is 10.9. The summed E-state index contributed by atoms with van der Waals surface area (Å²) in [7, 11) is -3.53. The molecular weight excluding hydrogens is 243 g/mol. The van der Waals surface area contributed by atoms with Crippen LogP contribution in [0.4, 0.5) is 0 Å². The second-order valence-electron chi connectivity index (χ2n) is 3.62. The minimum atomic E-state index is -3.53. The van der Waals surface area contributed by atoms with E-state index < -0.39 is 13.3 Å². The van der Waals surface area contributed by atoms with E-state index in [1.165, 1.54) is 6.92 Å². The molecule has 1 unspecified atom stereocenters. The van der Waals surface area contributed by atoms with Gasteiger partial charge >= 0.3 is 7.60 Å². The van der Waals surface area contributed by atoms with Crippen LogP contribution < -0.4 is 0 Å². The molecular formula is C11H21O5P. The standard InChI is InChI=1S/C11H21O5P/c1-5-10(13)11(8-9(4)12)17(14,15-6-2)16-7-3/h11H,5-8H2,1-4H3. The molecule has 0 fully saturated rings. The van der Waals surface area contributed by atoms with E-state index in [1.807, 2.05) is 0 Å². The average Bonchev–Trinajstić information content (AvgIpc) is 2.25. The van der Waals surface area contributed by atoms with E-state index in [2.05, 4.69) is 0 Å². The predicted molar refractivity (Wildman–Crippen MR) is 65.2 cm³/mol. The molecule has 17 heavy (non-hydrogen) atoms. The highest BCUT2D eigenvalue weighted by Crippen LogP contribution is 2.54. The van der Waals surface area contributed by atoms with E-state index in [0.29, 0.717) is 0 Å². The Bertz CT molecular complexity index is 303. The molecule has 0 heterocycles. The van der Waals surface area contributed by atoms with Gasteiger partial charge in [0.05, 0.1) is 13.2 Å². The highest BCUT2D eigenvalue weighted by Gasteiger charge is 2.40. The maximum atomic E-state index is 12.4. The van der Waals surface area contributed by atoms with Crippen molar-refractivity contribution in [3.05, 3.63) is 0 Å². The van der Waals surface area contributed by atoms with Gasteiger partial charge in [-0.15, -0.1) is 0 Å². The molecule has 0 aromatic rings. The van der Waals surface area contributed by atoms with Gasteiger partial charge in [-0.2, -0.15) is 0 Å². The Morgan fingerprint density at radius 1 is 1.12 bits per heavy atom. The first-order valence-corrected chi connectivity index (χ1v) is 7.43. The summed E-state index contributed by atoms with van der Waals surface area (Å²) in [6.07, 6.45) is 0.117. The SMILES string of the molecule is CCOP(=O)(OCC)C(CC(C)=O)C(=O)CC. The molecule has 100 valence electrons. The first kappa shape index (κ1) is 16.5. The Morgan fingerprint density at radius 2 is 1.59 bits per heavy atom. The third-order valence-electron chi connectivity index (χ3n) is 2.20. The largest absolute Gasteiger partial charge is 0.341 e. The molecule has 5 nitrogen and oxygen atoms in total. The molecule has 0 N–H and O–H groups in total. The number of rotatable bonds is 9. The van der Waals surface area contributed by atoms with Crippen molar-refractivity contribution in [2.75, 3.05) is 13.2 Å². The maximum Gasteiger partial charge on any atom is 0.341 e. The summed E-state index contributed by atoms with van der Waals surface area (Å²) in [6, 6.07) is 0. The smallest absolute Gasteiger partial charge is 0.308 e. The molecule has 0 saturated carbocycles. The van der Waals surface area contributed by atoms with Crippen molar-refractivity contribution in [1.82, 2.24) is 0 Å². The van der Waals surface area contributed by atoms with E-state index in [-0.39, 0.29) is 37.6 Å². The van der Waals surface area contributed by atoms with E-state index in [0.717, 1.165) is 0 Å². The molecule has 0 spiro atoms. The molecule has 0 aromatic carbocycles. The Balaban J connectivity index is 5.12. The molecule has 0 radical (unpaired) electrons. The van der Waals surface area contributed by atoms with Crippen LogP contribution in [-0.2, 0) is 23.2 Å². The first-order chi connectivity index (χ1) is 7.91. The summed E-state index contributed by atoms with van der Waals surface area (Å²) in [6.45, 7) is 6.74. The second kappa shape index (κ2) is 7.75. The fraction of sp³-hybridized carbons (Fsp3) is 0.818. The van der Waals surface area contributed by atoms with Gasteiger partial charge in [-0.25, -0.2) is 0 Å². The highest BCUT2D eigenvalue weighted by atomic mass is 31.2. The van der Waals surface area contributed by atoms with E-state index in [4.69, 9.17) is 9.05 Å². The number of hydrogen-bond donors (Lipinski definition) is 0. The predicted octanol–water partition coefficient (Wildman–Crippen LogP) is 2.58. The highest BCUT2D eigenvalue weighted by molar-refractivity contribution is 7.55. The van der Waals surface area contributed by atoms with Crippen molar-refractivity contribution in [2.24, 2.45) is 0 Å². The van der Waals surface area contributed by atoms with Crippen LogP contribution in [0.3, 0.4) is 0 Å². The Morgan fingerprint density at radius 3 is 1.88 bits per heavy atom. The number of carbonyl (C=O) groups is 2. The van der Waals surface area contributed by atoms with E-state index in [9.17, 15) is 14.2 Å². The Kier molecular flexibility index (Phi) is 7.51. The summed E-state index contributed by atoms with van der Waals surface area (Å²) >= 11 is 0. The van der Waals surface area contributed by atoms with Crippen molar-refractivity contribution in [3.8, 4) is 0 Å². The molecule has 0 bridgehead atoms. The molecule has 0 aromatic heterocycles. The summed E-state index contributed by atoms with van der Waals surface area (Å²) in [5, 5.41) is 0. The van der Waals surface area contributed by atoms with Gasteiger partial charge in [0.15, 0.2) is 0 Å². The van der Waals surface area contributed by atoms with Crippen LogP contribution >= 0.6 is 7.60 Å². The Labute approximate surface area is 102 Å². The zero-order valence-corrected chi connectivity index (χ0v) is 11.8. The molecule has 0 amide bonds. The van der Waals surface area contributed by atoms with Gasteiger partial charge in [0.2, 0.25) is 0 Å². The number of ketones is 2. The van der Waals surface area contributed by atoms with Crippen LogP contribution in [-0.4, -0.2) is 30.4 Å². The maximum absolute atomic E-state index is 12.4. The second-order valence-corrected chi connectivity index (χ2v) is 5.84. The van der Waals surface area contributed by atoms with Crippen molar-refractivity contribution < 1.29 is 23.2 Å². The van der Waals surface area contributed by atoms with Crippen LogP contribution in [0, 0.1) is 0 Å². The van der Waals surface area contributed by atoms with Crippen LogP contribution in [0.15, 0.2) is 0 Å². The summed E-state index contributed by atoms with van der Waals surface area (Å²) in [4.78, 5) is 22.9. The van der Waals surface area contributed by atoms with Crippen molar-refractivity contribution in [1.29, 1.82) is 0 Å². The average molecular weight is 264 g/mol. The third kappa shape index (κ3) is 5.11. The van der Waals surface area contributed by atoms with Crippen LogP contribution in [0.25, 0.3) is 0 Å². The lowest BCUT2D eigenvalue weighted by atomic mass is 10.1. The number of carbonyl (C=O) groups excluding carboxylic acids is 2. The van der Waals surface area contributed by atoms with Crippen molar-refractivity contribution in [2.45, 2.75) is 46.2 Å². The van der Waals surface area contributed by atoms with Crippen LogP contribution in [0.2, 0.25) is 0 Å². The molecule has 6 heteroatoms. The van der Waals surface area contributed by atoms with E-state index in [1.54, 1.807) is 20.8 Å². The van der Waals surface area contributed by atoms with Gasteiger partial charge in [-0.1, -0.05) is 6.92 Å². The van der Waals surface area contributed by atoms with Gasteiger partial charge < -0.3 is 9.05 Å². The molecule has 0 aliphatic heterocycles. The topological polar surface area (TPSA) is 69.7 Å². The fourth-order valence-electron chi connectivity index (χ4n) is 1.49. The van der Waals surface area contributed by atoms with Gasteiger partial charge in [0.25, 0.3) is 0 Å². The lowest BCUT2D eigenvalue weighted by molar-refractivity contribution is -0.123. The van der Waals surface area contributed by atoms with Gasteiger partial charge in [0.1, 0.15) is 17.2 Å². The zero-order chi connectivity index (χ0) is 13.5. The summed E-state index contributed by atoms with van der Waals surface area (Å²) in [5.41, 5.74) is -0.968. The minimum Gasteiger partial charge on any atom is -0.308 e. The third-order valence-corrected chi connectivity index (χ3v) is 4.67. The minimum absolute atomic E-state index is 0.0933. The lowest BCUT2D eigenvalue weighted by Gasteiger charge is -2.24. The van der Waals surface area contributed by atoms with Gasteiger partial charge in [-0.05, 0) is 20.8 Å². The molecule has 0 aliphatic carbocycles. The normalized spacial score (nSPS) is 13.4. The first-order valence-electron chi connectivity index (χ1n) is 5.82. The van der Waals surface area contributed by atoms with Crippen LogP contribution in [0.5, 0.6) is 0 Å². The molecule has 0 aliphatic rings. The Hall–Kier alpha value is -0.510. The van der Waals surface area contributed by atoms with E-state index >= 15 is 0 Å². The number of hydrogen-bond acceptors (Lipinski definition) is 5. The molecule has 0 rings (SSSR count). The van der Waals surface area contributed by atoms with Gasteiger partial charge in [0, 0.05) is 12.8 Å². The lowest BCUT2D eigenvalue weighted by Crippen LogP contribution is -2.25. The van der Waals surface area contributed by atoms with Crippen molar-refractivity contribution in [3.63, 3.8) is 0 Å². The van der Waals surface area contributed by atoms with Gasteiger partial charge in [-0.3, -0.25) is 14.2 Å². The van der Waals surface area contributed by atoms with Crippen molar-refractivity contribution >= 4 is 19.2 Å². The monoisotopic (exact) mass is 264 g/mol. The summed E-state index contributed by atoms with van der Waals surface area (Å²) < 4.78 is 22.7. The molecule has 0 saturated heterocycles. The quantitative estimate of drug-likeness (QED) is 0.598. The molecule has 1 atom stereocenters. The van der Waals surface area contributed by atoms with Crippen LogP contribution in [0.1, 0.15) is 40.5 Å².